The molecule has 0 aliphatic carbocycles. The van der Waals surface area contributed by atoms with Crippen LogP contribution < -0.4 is 10.6 Å². The van der Waals surface area contributed by atoms with Gasteiger partial charge in [-0.15, -0.1) is 0 Å². The predicted octanol–water partition coefficient (Wildman–Crippen LogP) is 3.27. The summed E-state index contributed by atoms with van der Waals surface area (Å²) >= 11 is 0. The molecule has 0 spiro atoms. The summed E-state index contributed by atoms with van der Waals surface area (Å²) in [4.78, 5) is 24.4. The second-order valence-electron chi connectivity index (χ2n) is 5.64. The van der Waals surface area contributed by atoms with Gasteiger partial charge in [-0.1, -0.05) is 25.1 Å². The van der Waals surface area contributed by atoms with Crippen LogP contribution in [0.2, 0.25) is 0 Å². The van der Waals surface area contributed by atoms with Crippen molar-refractivity contribution in [3.05, 3.63) is 65.2 Å². The summed E-state index contributed by atoms with van der Waals surface area (Å²) in [6.45, 7) is 3.21. The summed E-state index contributed by atoms with van der Waals surface area (Å²) in [7, 11) is 1.63. The normalized spacial score (nSPS) is 10.3. The number of nitrogens with one attached hydrogen (secondary N) is 2. The van der Waals surface area contributed by atoms with Crippen LogP contribution in [0.25, 0.3) is 0 Å². The first-order valence-electron chi connectivity index (χ1n) is 8.42. The molecule has 2 aromatic rings. The Bertz CT molecular complexity index is 711. The lowest BCUT2D eigenvalue weighted by molar-refractivity contribution is 0.0947. The van der Waals surface area contributed by atoms with E-state index in [0.717, 1.165) is 24.1 Å². The fraction of sp³-hybridized carbons (Fsp3) is 0.300. The van der Waals surface area contributed by atoms with E-state index in [1.165, 1.54) is 0 Å². The maximum atomic E-state index is 12.4. The van der Waals surface area contributed by atoms with Crippen molar-refractivity contribution in [2.45, 2.75) is 19.8 Å². The van der Waals surface area contributed by atoms with Gasteiger partial charge in [-0.3, -0.25) is 9.59 Å². The zero-order valence-electron chi connectivity index (χ0n) is 14.7. The average Bonchev–Trinajstić information content (AvgIpc) is 2.65. The lowest BCUT2D eigenvalue weighted by Gasteiger charge is -2.10. The Morgan fingerprint density at radius 2 is 1.60 bits per heavy atom. The molecule has 2 rings (SSSR count). The maximum absolute atomic E-state index is 12.4. The van der Waals surface area contributed by atoms with Gasteiger partial charge in [0.25, 0.3) is 11.8 Å². The van der Waals surface area contributed by atoms with Crippen molar-refractivity contribution in [2.75, 3.05) is 25.6 Å². The lowest BCUT2D eigenvalue weighted by Crippen LogP contribution is -2.25. The van der Waals surface area contributed by atoms with Crippen LogP contribution in [-0.4, -0.2) is 32.1 Å². The molecule has 2 aromatic carbocycles. The molecule has 0 radical (unpaired) electrons. The Morgan fingerprint density at radius 1 is 0.960 bits per heavy atom. The van der Waals surface area contributed by atoms with Gasteiger partial charge in [-0.05, 0) is 48.7 Å². The van der Waals surface area contributed by atoms with Crippen molar-refractivity contribution < 1.29 is 14.3 Å². The molecule has 132 valence electrons. The van der Waals surface area contributed by atoms with Gasteiger partial charge in [-0.25, -0.2) is 0 Å². The molecule has 0 fully saturated rings. The minimum atomic E-state index is -0.187. The smallest absolute Gasteiger partial charge is 0.255 e. The molecule has 2 N–H and O–H groups in total. The molecule has 5 heteroatoms. The zero-order chi connectivity index (χ0) is 18.1. The number of rotatable bonds is 8. The Hall–Kier alpha value is -2.66. The molecule has 5 nitrogen and oxygen atoms in total. The third-order valence-corrected chi connectivity index (χ3v) is 3.87. The van der Waals surface area contributed by atoms with E-state index in [9.17, 15) is 9.59 Å². The highest BCUT2D eigenvalue weighted by atomic mass is 16.5. The minimum absolute atomic E-state index is 0.153. The number of para-hydroxylation sites is 1. The van der Waals surface area contributed by atoms with E-state index in [0.29, 0.717) is 24.3 Å². The second-order valence-corrected chi connectivity index (χ2v) is 5.64. The van der Waals surface area contributed by atoms with Gasteiger partial charge in [-0.2, -0.15) is 0 Å². The number of amides is 2. The van der Waals surface area contributed by atoms with Gasteiger partial charge < -0.3 is 15.4 Å². The molecule has 0 heterocycles. The third-order valence-electron chi connectivity index (χ3n) is 3.87. The van der Waals surface area contributed by atoms with E-state index >= 15 is 0 Å². The SMILES string of the molecule is CCc1ccccc1NC(=O)c1ccc(C(=O)NCCCOC)cc1. The highest BCUT2D eigenvalue weighted by Crippen LogP contribution is 2.17. The van der Waals surface area contributed by atoms with Crippen LogP contribution >= 0.6 is 0 Å². The average molecular weight is 340 g/mol. The van der Waals surface area contributed by atoms with Crippen LogP contribution in [-0.2, 0) is 11.2 Å². The first kappa shape index (κ1) is 18.7. The van der Waals surface area contributed by atoms with Gasteiger partial charge in [0.15, 0.2) is 0 Å². The molecule has 0 aromatic heterocycles. The molecule has 0 bridgehead atoms. The van der Waals surface area contributed by atoms with E-state index in [2.05, 4.69) is 10.6 Å². The quantitative estimate of drug-likeness (QED) is 0.725. The van der Waals surface area contributed by atoms with Crippen LogP contribution in [0, 0.1) is 0 Å². The molecule has 0 saturated heterocycles. The van der Waals surface area contributed by atoms with Gasteiger partial charge in [0.05, 0.1) is 0 Å². The van der Waals surface area contributed by atoms with Gasteiger partial charge in [0.1, 0.15) is 0 Å². The van der Waals surface area contributed by atoms with E-state index in [1.807, 2.05) is 31.2 Å². The highest BCUT2D eigenvalue weighted by Gasteiger charge is 2.10. The summed E-state index contributed by atoms with van der Waals surface area (Å²) in [5.41, 5.74) is 2.95. The summed E-state index contributed by atoms with van der Waals surface area (Å²) in [6, 6.07) is 14.4. The number of benzene rings is 2. The molecule has 2 amide bonds. The van der Waals surface area contributed by atoms with Crippen molar-refractivity contribution in [3.8, 4) is 0 Å². The topological polar surface area (TPSA) is 67.4 Å². The first-order chi connectivity index (χ1) is 12.2. The molecule has 0 aliphatic heterocycles. The van der Waals surface area contributed by atoms with Crippen LogP contribution in [0.3, 0.4) is 0 Å². The van der Waals surface area contributed by atoms with Crippen molar-refractivity contribution in [2.24, 2.45) is 0 Å². The van der Waals surface area contributed by atoms with E-state index in [-0.39, 0.29) is 11.8 Å². The second kappa shape index (κ2) is 9.59. The summed E-state index contributed by atoms with van der Waals surface area (Å²) in [5.74, 6) is -0.340. The molecule has 0 unspecified atom stereocenters. The Kier molecular flexibility index (Phi) is 7.16. The van der Waals surface area contributed by atoms with Gasteiger partial charge in [0.2, 0.25) is 0 Å². The number of anilines is 1. The molecule has 0 saturated carbocycles. The number of carbonyl (C=O) groups excluding carboxylic acids is 2. The van der Waals surface area contributed by atoms with E-state index in [1.54, 1.807) is 31.4 Å². The third kappa shape index (κ3) is 5.43. The number of ether oxygens (including phenoxy) is 1. The van der Waals surface area contributed by atoms with Crippen LogP contribution in [0.1, 0.15) is 39.6 Å². The zero-order valence-corrected chi connectivity index (χ0v) is 14.7. The lowest BCUT2D eigenvalue weighted by atomic mass is 10.1. The number of methoxy groups -OCH3 is 1. The molecular formula is C20H24N2O3. The number of aryl methyl sites for hydroxylation is 1. The Labute approximate surface area is 148 Å². The summed E-state index contributed by atoms with van der Waals surface area (Å²) < 4.78 is 4.94. The van der Waals surface area contributed by atoms with E-state index < -0.39 is 0 Å². The van der Waals surface area contributed by atoms with Crippen molar-refractivity contribution in [3.63, 3.8) is 0 Å². The number of carbonyl (C=O) groups is 2. The fourth-order valence-electron chi connectivity index (χ4n) is 2.44. The summed E-state index contributed by atoms with van der Waals surface area (Å²) in [6.07, 6.45) is 1.61. The predicted molar refractivity (Wildman–Crippen MR) is 99.0 cm³/mol. The first-order valence-corrected chi connectivity index (χ1v) is 8.42. The van der Waals surface area contributed by atoms with Crippen molar-refractivity contribution in [1.29, 1.82) is 0 Å². The maximum Gasteiger partial charge on any atom is 0.255 e. The minimum Gasteiger partial charge on any atom is -0.385 e. The van der Waals surface area contributed by atoms with Crippen LogP contribution in [0.15, 0.2) is 48.5 Å². The molecule has 0 aliphatic rings. The van der Waals surface area contributed by atoms with Gasteiger partial charge in [0, 0.05) is 37.1 Å². The molecular weight excluding hydrogens is 316 g/mol. The largest absolute Gasteiger partial charge is 0.385 e. The van der Waals surface area contributed by atoms with Crippen molar-refractivity contribution in [1.82, 2.24) is 5.32 Å². The van der Waals surface area contributed by atoms with Gasteiger partial charge >= 0.3 is 0 Å². The van der Waals surface area contributed by atoms with Crippen molar-refractivity contribution >= 4 is 17.5 Å². The Balaban J connectivity index is 1.97. The van der Waals surface area contributed by atoms with Crippen LogP contribution in [0.4, 0.5) is 5.69 Å². The molecule has 25 heavy (non-hydrogen) atoms. The highest BCUT2D eigenvalue weighted by molar-refractivity contribution is 6.05. The monoisotopic (exact) mass is 340 g/mol. The van der Waals surface area contributed by atoms with E-state index in [4.69, 9.17) is 4.74 Å². The summed E-state index contributed by atoms with van der Waals surface area (Å²) in [5, 5.41) is 5.74. The number of hydrogen-bond donors (Lipinski definition) is 2. The van der Waals surface area contributed by atoms with Crippen LogP contribution in [0.5, 0.6) is 0 Å². The standard InChI is InChI=1S/C20H24N2O3/c1-3-15-7-4-5-8-18(15)22-20(24)17-11-9-16(10-12-17)19(23)21-13-6-14-25-2/h4-5,7-12H,3,6,13-14H2,1-2H3,(H,21,23)(H,22,24). The number of hydrogen-bond acceptors (Lipinski definition) is 3. The fourth-order valence-corrected chi connectivity index (χ4v) is 2.44. The Morgan fingerprint density at radius 3 is 2.24 bits per heavy atom. The molecule has 0 atom stereocenters.